The second-order valence-electron chi connectivity index (χ2n) is 7.88. The van der Waals surface area contributed by atoms with Gasteiger partial charge in [0.2, 0.25) is 0 Å². The second-order valence-corrected chi connectivity index (χ2v) is 7.88. The first-order valence-corrected chi connectivity index (χ1v) is 12.7. The molecular formula is C36H30MoO6. The van der Waals surface area contributed by atoms with Gasteiger partial charge < -0.3 is 30.6 Å². The van der Waals surface area contributed by atoms with E-state index >= 15 is 0 Å². The second kappa shape index (κ2) is 25.8. The summed E-state index contributed by atoms with van der Waals surface area (Å²) in [5.41, 5.74) is 0. The van der Waals surface area contributed by atoms with E-state index in [-0.39, 0.29) is 55.6 Å². The Morgan fingerprint density at radius 2 is 0.279 bits per heavy atom. The van der Waals surface area contributed by atoms with Gasteiger partial charge in [-0.3, -0.25) is 0 Å². The maximum absolute atomic E-state index is 10.3. The fraction of sp³-hybridized carbons (Fsp3) is 0. The van der Waals surface area contributed by atoms with Crippen molar-refractivity contribution in [1.29, 1.82) is 0 Å². The van der Waals surface area contributed by atoms with Crippen LogP contribution in [0.3, 0.4) is 0 Å². The zero-order valence-electron chi connectivity index (χ0n) is 23.2. The summed E-state index contributed by atoms with van der Waals surface area (Å²) in [7, 11) is 0. The average molecular weight is 655 g/mol. The topological polar surface area (TPSA) is 138 Å². The number of hydrogen-bond acceptors (Lipinski definition) is 6. The predicted molar refractivity (Wildman–Crippen MR) is 155 cm³/mol. The minimum Gasteiger partial charge on any atom is -0.872 e. The summed E-state index contributed by atoms with van der Waals surface area (Å²) in [6.45, 7) is 0. The summed E-state index contributed by atoms with van der Waals surface area (Å²) in [6.07, 6.45) is 0. The van der Waals surface area contributed by atoms with Crippen LogP contribution < -0.4 is 30.6 Å². The SMILES string of the molecule is [Mo+6].[O-]c1ccccc1.[O-]c1ccccc1.[O-]c1ccccc1.[O-]c1ccccc1.[O-]c1ccccc1.[O-]c1ccccc1. The Kier molecular flexibility index (Phi) is 22.6. The van der Waals surface area contributed by atoms with Crippen LogP contribution in [0.25, 0.3) is 0 Å². The molecule has 43 heavy (non-hydrogen) atoms. The van der Waals surface area contributed by atoms with E-state index in [0.29, 0.717) is 0 Å². The number of hydrogen-bond donors (Lipinski definition) is 0. The summed E-state index contributed by atoms with van der Waals surface area (Å²) in [4.78, 5) is 0. The van der Waals surface area contributed by atoms with Crippen LogP contribution in [0.1, 0.15) is 0 Å². The summed E-state index contributed by atoms with van der Waals surface area (Å²) in [5.74, 6) is 0.431. The zero-order valence-corrected chi connectivity index (χ0v) is 25.2. The van der Waals surface area contributed by atoms with Gasteiger partial charge >= 0.3 is 21.1 Å². The molecule has 0 N–H and O–H groups in total. The van der Waals surface area contributed by atoms with Gasteiger partial charge in [0.15, 0.2) is 0 Å². The van der Waals surface area contributed by atoms with E-state index < -0.39 is 0 Å². The van der Waals surface area contributed by atoms with E-state index in [0.717, 1.165) is 0 Å². The van der Waals surface area contributed by atoms with Crippen molar-refractivity contribution in [3.63, 3.8) is 0 Å². The van der Waals surface area contributed by atoms with Crippen LogP contribution >= 0.6 is 0 Å². The molecule has 0 saturated carbocycles. The van der Waals surface area contributed by atoms with Crippen molar-refractivity contribution in [2.45, 2.75) is 0 Å². The van der Waals surface area contributed by atoms with Crippen molar-refractivity contribution in [3.8, 4) is 34.5 Å². The first-order valence-electron chi connectivity index (χ1n) is 12.7. The molecule has 0 aliphatic heterocycles. The van der Waals surface area contributed by atoms with Crippen LogP contribution in [0, 0.1) is 0 Å². The molecule has 0 unspecified atom stereocenters. The molecule has 6 aromatic rings. The van der Waals surface area contributed by atoms with Crippen molar-refractivity contribution in [1.82, 2.24) is 0 Å². The molecule has 0 aromatic heterocycles. The van der Waals surface area contributed by atoms with Crippen molar-refractivity contribution >= 4 is 0 Å². The molecule has 0 fully saturated rings. The Hall–Kier alpha value is -5.19. The third-order valence-electron chi connectivity index (χ3n) is 4.46. The fourth-order valence-corrected chi connectivity index (χ4v) is 2.52. The van der Waals surface area contributed by atoms with Crippen LogP contribution in [0.2, 0.25) is 0 Å². The smallest absolute Gasteiger partial charge is 0.872 e. The van der Waals surface area contributed by atoms with Gasteiger partial charge in [0, 0.05) is 0 Å². The minimum atomic E-state index is 0. The fourth-order valence-electron chi connectivity index (χ4n) is 2.52. The van der Waals surface area contributed by atoms with Gasteiger partial charge in [-0.25, -0.2) is 0 Å². The quantitative estimate of drug-likeness (QED) is 0.220. The van der Waals surface area contributed by atoms with Crippen LogP contribution in [0.4, 0.5) is 0 Å². The molecule has 6 nitrogen and oxygen atoms in total. The normalized spacial score (nSPS) is 8.37. The molecule has 0 atom stereocenters. The monoisotopic (exact) mass is 656 g/mol. The maximum Gasteiger partial charge on any atom is 6.00 e. The van der Waals surface area contributed by atoms with E-state index in [1.807, 2.05) is 36.4 Å². The van der Waals surface area contributed by atoms with Gasteiger partial charge in [-0.05, 0) is 0 Å². The number of para-hydroxylation sites is 6. The Morgan fingerprint density at radius 3 is 0.326 bits per heavy atom. The molecule has 6 rings (SSSR count). The molecule has 0 aliphatic rings. The maximum atomic E-state index is 10.3. The predicted octanol–water partition coefficient (Wildman–Crippen LogP) is 4.56. The van der Waals surface area contributed by atoms with Crippen molar-refractivity contribution in [2.24, 2.45) is 0 Å². The summed E-state index contributed by atoms with van der Waals surface area (Å²) in [6, 6.07) is 50.0. The summed E-state index contributed by atoms with van der Waals surface area (Å²) < 4.78 is 0. The van der Waals surface area contributed by atoms with Crippen LogP contribution in [0.5, 0.6) is 34.5 Å². The number of rotatable bonds is 0. The van der Waals surface area contributed by atoms with E-state index in [9.17, 15) is 30.6 Å². The van der Waals surface area contributed by atoms with Crippen molar-refractivity contribution in [2.75, 3.05) is 0 Å². The van der Waals surface area contributed by atoms with Crippen LogP contribution in [-0.2, 0) is 21.1 Å². The standard InChI is InChI=1S/6C6H6O.Mo/c6*7-6-4-2-1-3-5-6;/h6*1-5,7H;/q;;;;;;+6/p-6. The molecule has 216 valence electrons. The molecule has 6 aromatic carbocycles. The first-order chi connectivity index (χ1) is 20.4. The van der Waals surface area contributed by atoms with E-state index in [4.69, 9.17) is 0 Å². The van der Waals surface area contributed by atoms with Crippen LogP contribution in [-0.4, -0.2) is 0 Å². The molecule has 0 bridgehead atoms. The van der Waals surface area contributed by atoms with Gasteiger partial charge in [0.1, 0.15) is 0 Å². The Morgan fingerprint density at radius 1 is 0.186 bits per heavy atom. The van der Waals surface area contributed by atoms with Crippen molar-refractivity contribution in [3.05, 3.63) is 182 Å². The van der Waals surface area contributed by atoms with E-state index in [2.05, 4.69) is 0 Å². The molecule has 0 heterocycles. The Labute approximate surface area is 267 Å². The van der Waals surface area contributed by atoms with E-state index in [1.54, 1.807) is 72.8 Å². The van der Waals surface area contributed by atoms with Crippen molar-refractivity contribution < 1.29 is 51.7 Å². The minimum absolute atomic E-state index is 0. The molecule has 0 amide bonds. The van der Waals surface area contributed by atoms with Gasteiger partial charge in [-0.2, -0.15) is 0 Å². The third-order valence-corrected chi connectivity index (χ3v) is 4.46. The largest absolute Gasteiger partial charge is 6.00 e. The Bertz CT molecular complexity index is 1100. The average Bonchev–Trinajstić information content (AvgIpc) is 3.01. The van der Waals surface area contributed by atoms with Gasteiger partial charge in [-0.1, -0.05) is 182 Å². The Balaban J connectivity index is 0.000000490. The zero-order chi connectivity index (χ0) is 30.7. The summed E-state index contributed by atoms with van der Waals surface area (Å²) >= 11 is 0. The molecular weight excluding hydrogens is 624 g/mol. The van der Waals surface area contributed by atoms with E-state index in [1.165, 1.54) is 72.8 Å². The number of benzene rings is 6. The van der Waals surface area contributed by atoms with Gasteiger partial charge in [-0.15, -0.1) is 34.5 Å². The molecule has 7 heteroatoms. The van der Waals surface area contributed by atoms with Gasteiger partial charge in [0.05, 0.1) is 0 Å². The molecule has 0 radical (unpaired) electrons. The molecule has 0 aliphatic carbocycles. The van der Waals surface area contributed by atoms with Gasteiger partial charge in [0.25, 0.3) is 0 Å². The molecule has 0 saturated heterocycles. The third kappa shape index (κ3) is 24.3. The first kappa shape index (κ1) is 37.8. The van der Waals surface area contributed by atoms with Crippen LogP contribution in [0.15, 0.2) is 182 Å². The molecule has 0 spiro atoms. The summed E-state index contributed by atoms with van der Waals surface area (Å²) in [5, 5.41) is 61.6.